The van der Waals surface area contributed by atoms with Gasteiger partial charge in [-0.25, -0.2) is 8.42 Å². The molecular weight excluding hydrogens is 342 g/mol. The minimum Gasteiger partial charge on any atom is -0.207 e. The monoisotopic (exact) mass is 361 g/mol. The summed E-state index contributed by atoms with van der Waals surface area (Å²) in [5, 5.41) is 0. The molecule has 0 saturated heterocycles. The Bertz CT molecular complexity index is 1020. The van der Waals surface area contributed by atoms with Crippen molar-refractivity contribution in [3.63, 3.8) is 0 Å². The topological polar surface area (TPSA) is 46.2 Å². The summed E-state index contributed by atoms with van der Waals surface area (Å²) >= 11 is 0. The predicted octanol–water partition coefficient (Wildman–Crippen LogP) is 4.07. The highest BCUT2D eigenvalue weighted by molar-refractivity contribution is 7.89. The van der Waals surface area contributed by atoms with Gasteiger partial charge in [0, 0.05) is 5.56 Å². The molecule has 0 aliphatic heterocycles. The highest BCUT2D eigenvalue weighted by atomic mass is 32.2. The molecule has 0 saturated carbocycles. The van der Waals surface area contributed by atoms with Gasteiger partial charge in [0.15, 0.2) is 0 Å². The Morgan fingerprint density at radius 1 is 0.808 bits per heavy atom. The van der Waals surface area contributed by atoms with Crippen molar-refractivity contribution in [2.75, 3.05) is 0 Å². The average Bonchev–Trinajstić information content (AvgIpc) is 2.67. The number of nitrogens with one attached hydrogen (secondary N) is 1. The molecule has 0 bridgehead atoms. The number of hydrogen-bond donors (Lipinski definition) is 1. The van der Waals surface area contributed by atoms with Gasteiger partial charge in [-0.1, -0.05) is 78.1 Å². The van der Waals surface area contributed by atoms with Crippen LogP contribution in [0.25, 0.3) is 0 Å². The van der Waals surface area contributed by atoms with Crippen LogP contribution in [0.2, 0.25) is 0 Å². The van der Waals surface area contributed by atoms with E-state index < -0.39 is 16.1 Å². The summed E-state index contributed by atoms with van der Waals surface area (Å²) in [5.74, 6) is 6.10. The van der Waals surface area contributed by atoms with E-state index in [1.54, 1.807) is 24.3 Å². The Morgan fingerprint density at radius 2 is 1.38 bits per heavy atom. The minimum absolute atomic E-state index is 0.227. The van der Waals surface area contributed by atoms with Crippen LogP contribution in [0.3, 0.4) is 0 Å². The lowest BCUT2D eigenvalue weighted by atomic mass is 10.1. The fourth-order valence-corrected chi connectivity index (χ4v) is 3.58. The maximum absolute atomic E-state index is 12.8. The Balaban J connectivity index is 1.94. The third-order valence-corrected chi connectivity index (χ3v) is 5.31. The Labute approximate surface area is 154 Å². The van der Waals surface area contributed by atoms with Crippen molar-refractivity contribution < 1.29 is 8.42 Å². The van der Waals surface area contributed by atoms with Crippen LogP contribution in [0.1, 0.15) is 22.7 Å². The van der Waals surface area contributed by atoms with Crippen LogP contribution >= 0.6 is 0 Å². The molecule has 4 heteroatoms. The van der Waals surface area contributed by atoms with Crippen LogP contribution in [-0.4, -0.2) is 8.42 Å². The van der Waals surface area contributed by atoms with Crippen LogP contribution in [0.4, 0.5) is 0 Å². The van der Waals surface area contributed by atoms with Gasteiger partial charge in [0.25, 0.3) is 0 Å². The van der Waals surface area contributed by atoms with E-state index in [0.717, 1.165) is 16.7 Å². The van der Waals surface area contributed by atoms with Crippen LogP contribution < -0.4 is 4.72 Å². The van der Waals surface area contributed by atoms with Crippen LogP contribution in [0.15, 0.2) is 89.8 Å². The summed E-state index contributed by atoms with van der Waals surface area (Å²) in [6.45, 7) is 1.92. The summed E-state index contributed by atoms with van der Waals surface area (Å²) in [7, 11) is -3.68. The van der Waals surface area contributed by atoms with Crippen LogP contribution in [0.5, 0.6) is 0 Å². The van der Waals surface area contributed by atoms with Crippen molar-refractivity contribution in [1.29, 1.82) is 0 Å². The second kappa shape index (κ2) is 8.01. The average molecular weight is 361 g/mol. The van der Waals surface area contributed by atoms with Crippen molar-refractivity contribution >= 4 is 10.0 Å². The zero-order valence-electron chi connectivity index (χ0n) is 14.4. The van der Waals surface area contributed by atoms with Gasteiger partial charge in [-0.15, -0.1) is 0 Å². The van der Waals surface area contributed by atoms with E-state index in [2.05, 4.69) is 16.6 Å². The van der Waals surface area contributed by atoms with Gasteiger partial charge in [-0.2, -0.15) is 4.72 Å². The highest BCUT2D eigenvalue weighted by Crippen LogP contribution is 2.17. The van der Waals surface area contributed by atoms with Gasteiger partial charge in [0.2, 0.25) is 10.0 Å². The lowest BCUT2D eigenvalue weighted by Gasteiger charge is -2.14. The molecule has 0 spiro atoms. The van der Waals surface area contributed by atoms with Crippen molar-refractivity contribution in [3.8, 4) is 11.8 Å². The van der Waals surface area contributed by atoms with E-state index in [-0.39, 0.29) is 4.90 Å². The largest absolute Gasteiger partial charge is 0.241 e. The van der Waals surface area contributed by atoms with Crippen LogP contribution in [-0.2, 0) is 10.0 Å². The smallest absolute Gasteiger partial charge is 0.207 e. The first kappa shape index (κ1) is 17.9. The van der Waals surface area contributed by atoms with Gasteiger partial charge in [0.1, 0.15) is 6.04 Å². The molecule has 1 atom stereocenters. The molecule has 26 heavy (non-hydrogen) atoms. The summed E-state index contributed by atoms with van der Waals surface area (Å²) in [6, 6.07) is 25.0. The molecular formula is C22H19NO2S. The van der Waals surface area contributed by atoms with Crippen LogP contribution in [0, 0.1) is 18.8 Å². The summed E-state index contributed by atoms with van der Waals surface area (Å²) in [4.78, 5) is 0.227. The van der Waals surface area contributed by atoms with E-state index >= 15 is 0 Å². The first-order valence-corrected chi connectivity index (χ1v) is 9.73. The first-order valence-electron chi connectivity index (χ1n) is 8.25. The highest BCUT2D eigenvalue weighted by Gasteiger charge is 2.19. The van der Waals surface area contributed by atoms with Crippen molar-refractivity contribution in [2.24, 2.45) is 0 Å². The molecule has 0 fully saturated rings. The molecule has 3 nitrogen and oxygen atoms in total. The molecule has 3 rings (SSSR count). The third kappa shape index (κ3) is 4.60. The normalized spacial score (nSPS) is 12.0. The van der Waals surface area contributed by atoms with E-state index in [0.29, 0.717) is 0 Å². The van der Waals surface area contributed by atoms with Gasteiger partial charge >= 0.3 is 0 Å². The fourth-order valence-electron chi connectivity index (χ4n) is 2.44. The molecule has 0 aliphatic rings. The second-order valence-corrected chi connectivity index (χ2v) is 7.63. The van der Waals surface area contributed by atoms with Gasteiger partial charge in [-0.05, 0) is 36.8 Å². The molecule has 0 heterocycles. The summed E-state index contributed by atoms with van der Waals surface area (Å²) < 4.78 is 28.2. The molecule has 130 valence electrons. The lowest BCUT2D eigenvalue weighted by molar-refractivity contribution is 0.576. The molecule has 0 aliphatic carbocycles. The quantitative estimate of drug-likeness (QED) is 0.712. The fraction of sp³-hybridized carbons (Fsp3) is 0.0909. The SMILES string of the molecule is Cc1ccc(S(=O)(=O)NC(C#Cc2ccccc2)c2ccccc2)cc1. The van der Waals surface area contributed by atoms with E-state index in [1.807, 2.05) is 67.6 Å². The molecule has 0 radical (unpaired) electrons. The number of aryl methyl sites for hydroxylation is 1. The van der Waals surface area contributed by atoms with Crippen molar-refractivity contribution in [1.82, 2.24) is 4.72 Å². The van der Waals surface area contributed by atoms with E-state index in [4.69, 9.17) is 0 Å². The Hall–Kier alpha value is -2.87. The Morgan fingerprint density at radius 3 is 2.00 bits per heavy atom. The van der Waals surface area contributed by atoms with E-state index in [9.17, 15) is 8.42 Å². The van der Waals surface area contributed by atoms with Crippen molar-refractivity contribution in [2.45, 2.75) is 17.9 Å². The van der Waals surface area contributed by atoms with Gasteiger partial charge < -0.3 is 0 Å². The first-order chi connectivity index (χ1) is 12.5. The predicted molar refractivity (Wildman–Crippen MR) is 104 cm³/mol. The number of sulfonamides is 1. The molecule has 1 N–H and O–H groups in total. The maximum atomic E-state index is 12.8. The molecule has 3 aromatic carbocycles. The molecule has 0 aromatic heterocycles. The second-order valence-electron chi connectivity index (χ2n) is 5.91. The van der Waals surface area contributed by atoms with Crippen molar-refractivity contribution in [3.05, 3.63) is 102 Å². The van der Waals surface area contributed by atoms with Gasteiger partial charge in [-0.3, -0.25) is 0 Å². The molecule has 3 aromatic rings. The zero-order chi connectivity index (χ0) is 18.4. The summed E-state index contributed by atoms with van der Waals surface area (Å²) in [5.41, 5.74) is 2.64. The molecule has 1 unspecified atom stereocenters. The standard InChI is InChI=1S/C22H19NO2S/c1-18-12-15-21(16-13-18)26(24,25)23-22(20-10-6-3-7-11-20)17-14-19-8-4-2-5-9-19/h2-13,15-16,22-23H,1H3. The number of hydrogen-bond acceptors (Lipinski definition) is 2. The Kier molecular flexibility index (Phi) is 5.52. The summed E-state index contributed by atoms with van der Waals surface area (Å²) in [6.07, 6.45) is 0. The third-order valence-electron chi connectivity index (χ3n) is 3.87. The lowest BCUT2D eigenvalue weighted by Crippen LogP contribution is -2.28. The van der Waals surface area contributed by atoms with Gasteiger partial charge in [0.05, 0.1) is 4.90 Å². The van der Waals surface area contributed by atoms with E-state index in [1.165, 1.54) is 0 Å². The minimum atomic E-state index is -3.68. The number of benzene rings is 3. The maximum Gasteiger partial charge on any atom is 0.241 e. The zero-order valence-corrected chi connectivity index (χ0v) is 15.2. The number of rotatable bonds is 4. The molecule has 0 amide bonds.